The van der Waals surface area contributed by atoms with Crippen molar-refractivity contribution in [2.24, 2.45) is 5.92 Å². The summed E-state index contributed by atoms with van der Waals surface area (Å²) in [4.78, 5) is 4.53. The minimum Gasteiger partial charge on any atom is -0.382 e. The fourth-order valence-electron chi connectivity index (χ4n) is 2.39. The largest absolute Gasteiger partial charge is 0.382 e. The van der Waals surface area contributed by atoms with Crippen molar-refractivity contribution in [1.29, 1.82) is 0 Å². The molecular formula is C15H19NO. The van der Waals surface area contributed by atoms with Gasteiger partial charge in [-0.05, 0) is 50.2 Å². The number of fused-ring (bicyclic) bond motifs is 1. The Morgan fingerprint density at radius 3 is 3.18 bits per heavy atom. The van der Waals surface area contributed by atoms with E-state index in [4.69, 9.17) is 11.2 Å². The highest BCUT2D eigenvalue weighted by molar-refractivity contribution is 5.32. The lowest BCUT2D eigenvalue weighted by atomic mass is 9.85. The molecule has 0 N–H and O–H groups in total. The lowest BCUT2D eigenvalue weighted by Crippen LogP contribution is -2.17. The van der Waals surface area contributed by atoms with Gasteiger partial charge in [-0.1, -0.05) is 12.0 Å². The van der Waals surface area contributed by atoms with Crippen LogP contribution in [0.3, 0.4) is 0 Å². The van der Waals surface area contributed by atoms with E-state index in [1.165, 1.54) is 17.7 Å². The van der Waals surface area contributed by atoms with Gasteiger partial charge >= 0.3 is 0 Å². The molecule has 0 radical (unpaired) electrons. The monoisotopic (exact) mass is 229 g/mol. The third-order valence-corrected chi connectivity index (χ3v) is 3.39. The Labute approximate surface area is 103 Å². The van der Waals surface area contributed by atoms with Crippen LogP contribution in [0.25, 0.3) is 0 Å². The van der Waals surface area contributed by atoms with Crippen LogP contribution in [0, 0.1) is 18.3 Å². The van der Waals surface area contributed by atoms with Crippen molar-refractivity contribution >= 4 is 0 Å². The van der Waals surface area contributed by atoms with E-state index in [0.717, 1.165) is 38.2 Å². The maximum absolute atomic E-state index is 5.42. The van der Waals surface area contributed by atoms with E-state index in [2.05, 4.69) is 17.0 Å². The summed E-state index contributed by atoms with van der Waals surface area (Å²) in [5.74, 6) is 3.31. The molecule has 1 aliphatic rings. The molecule has 0 aromatic carbocycles. The zero-order valence-corrected chi connectivity index (χ0v) is 10.4. The number of hydrogen-bond donors (Lipinski definition) is 0. The molecular weight excluding hydrogens is 210 g/mol. The summed E-state index contributed by atoms with van der Waals surface area (Å²) >= 11 is 0. The first-order chi connectivity index (χ1) is 8.33. The van der Waals surface area contributed by atoms with Crippen molar-refractivity contribution in [1.82, 2.24) is 4.98 Å². The molecule has 2 heteroatoms. The van der Waals surface area contributed by atoms with Gasteiger partial charge in [0.1, 0.15) is 5.69 Å². The van der Waals surface area contributed by atoms with Gasteiger partial charge in [-0.25, -0.2) is 4.98 Å². The first-order valence-corrected chi connectivity index (χ1v) is 6.36. The second kappa shape index (κ2) is 5.84. The summed E-state index contributed by atoms with van der Waals surface area (Å²) < 4.78 is 5.42. The van der Waals surface area contributed by atoms with E-state index in [1.807, 2.05) is 13.0 Å². The van der Waals surface area contributed by atoms with Crippen LogP contribution in [0.15, 0.2) is 12.1 Å². The van der Waals surface area contributed by atoms with E-state index in [-0.39, 0.29) is 0 Å². The molecule has 1 aromatic rings. The highest BCUT2D eigenvalue weighted by Gasteiger charge is 2.19. The minimum absolute atomic E-state index is 0.703. The number of hydrogen-bond acceptors (Lipinski definition) is 2. The van der Waals surface area contributed by atoms with Crippen molar-refractivity contribution in [3.63, 3.8) is 0 Å². The van der Waals surface area contributed by atoms with Gasteiger partial charge in [0.25, 0.3) is 0 Å². The summed E-state index contributed by atoms with van der Waals surface area (Å²) in [5.41, 5.74) is 3.33. The zero-order chi connectivity index (χ0) is 12.1. The molecule has 2 rings (SSSR count). The van der Waals surface area contributed by atoms with Crippen molar-refractivity contribution in [2.75, 3.05) is 13.2 Å². The second-order valence-corrected chi connectivity index (χ2v) is 4.54. The van der Waals surface area contributed by atoms with Crippen LogP contribution in [0.1, 0.15) is 36.7 Å². The lowest BCUT2D eigenvalue weighted by Gasteiger charge is -2.23. The van der Waals surface area contributed by atoms with Gasteiger partial charge in [0.05, 0.1) is 0 Å². The highest BCUT2D eigenvalue weighted by atomic mass is 16.5. The van der Waals surface area contributed by atoms with Crippen molar-refractivity contribution < 1.29 is 4.74 Å². The molecule has 1 heterocycles. The van der Waals surface area contributed by atoms with Gasteiger partial charge in [-0.15, -0.1) is 6.42 Å². The van der Waals surface area contributed by atoms with Gasteiger partial charge in [0.15, 0.2) is 0 Å². The number of aromatic nitrogens is 1. The molecule has 1 atom stereocenters. The van der Waals surface area contributed by atoms with E-state index in [9.17, 15) is 0 Å². The van der Waals surface area contributed by atoms with Crippen molar-refractivity contribution in [3.05, 3.63) is 29.1 Å². The SMILES string of the molecule is C#Cc1ccc2c(n1)CC(CCOCC)CC2. The standard InChI is InChI=1S/C15H19NO/c1-3-14-8-7-13-6-5-12(9-10-17-4-2)11-15(13)16-14/h1,7-8,12H,4-6,9-11H2,2H3. The second-order valence-electron chi connectivity index (χ2n) is 4.54. The van der Waals surface area contributed by atoms with Crippen LogP contribution >= 0.6 is 0 Å². The molecule has 0 bridgehead atoms. The number of ether oxygens (including phenoxy) is 1. The van der Waals surface area contributed by atoms with E-state index < -0.39 is 0 Å². The summed E-state index contributed by atoms with van der Waals surface area (Å²) in [6.45, 7) is 3.71. The Bertz CT molecular complexity index is 419. The molecule has 0 amide bonds. The molecule has 17 heavy (non-hydrogen) atoms. The number of aryl methyl sites for hydroxylation is 1. The van der Waals surface area contributed by atoms with E-state index >= 15 is 0 Å². The molecule has 1 unspecified atom stereocenters. The molecule has 0 fully saturated rings. The number of nitrogens with zero attached hydrogens (tertiary/aromatic N) is 1. The van der Waals surface area contributed by atoms with Crippen LogP contribution in [0.4, 0.5) is 0 Å². The summed E-state index contributed by atoms with van der Waals surface area (Å²) in [5, 5.41) is 0. The van der Waals surface area contributed by atoms with Crippen LogP contribution in [-0.4, -0.2) is 18.2 Å². The Balaban J connectivity index is 1.99. The van der Waals surface area contributed by atoms with Gasteiger partial charge in [0, 0.05) is 18.9 Å². The quantitative estimate of drug-likeness (QED) is 0.585. The molecule has 90 valence electrons. The number of rotatable bonds is 4. The summed E-state index contributed by atoms with van der Waals surface area (Å²) in [7, 11) is 0. The Morgan fingerprint density at radius 1 is 1.53 bits per heavy atom. The van der Waals surface area contributed by atoms with E-state index in [0.29, 0.717) is 5.92 Å². The third-order valence-electron chi connectivity index (χ3n) is 3.39. The smallest absolute Gasteiger partial charge is 0.113 e. The van der Waals surface area contributed by atoms with Crippen LogP contribution in [0.5, 0.6) is 0 Å². The average Bonchev–Trinajstić information content (AvgIpc) is 2.38. The molecule has 2 nitrogen and oxygen atoms in total. The fourth-order valence-corrected chi connectivity index (χ4v) is 2.39. The average molecular weight is 229 g/mol. The van der Waals surface area contributed by atoms with Gasteiger partial charge < -0.3 is 4.74 Å². The molecule has 1 aromatic heterocycles. The van der Waals surface area contributed by atoms with Crippen LogP contribution in [-0.2, 0) is 17.6 Å². The normalized spacial score (nSPS) is 18.5. The Morgan fingerprint density at radius 2 is 2.41 bits per heavy atom. The molecule has 0 saturated heterocycles. The number of pyridine rings is 1. The first kappa shape index (κ1) is 12.1. The summed E-state index contributed by atoms with van der Waals surface area (Å²) in [6, 6.07) is 4.08. The van der Waals surface area contributed by atoms with Gasteiger partial charge in [-0.2, -0.15) is 0 Å². The molecule has 0 aliphatic heterocycles. The molecule has 0 saturated carbocycles. The maximum Gasteiger partial charge on any atom is 0.113 e. The topological polar surface area (TPSA) is 22.1 Å². The van der Waals surface area contributed by atoms with Crippen molar-refractivity contribution in [3.8, 4) is 12.3 Å². The third kappa shape index (κ3) is 3.08. The Kier molecular flexibility index (Phi) is 4.17. The molecule has 0 spiro atoms. The fraction of sp³-hybridized carbons (Fsp3) is 0.533. The van der Waals surface area contributed by atoms with Crippen LogP contribution < -0.4 is 0 Å². The van der Waals surface area contributed by atoms with E-state index in [1.54, 1.807) is 0 Å². The highest BCUT2D eigenvalue weighted by Crippen LogP contribution is 2.26. The number of terminal acetylenes is 1. The van der Waals surface area contributed by atoms with Crippen molar-refractivity contribution in [2.45, 2.75) is 32.6 Å². The van der Waals surface area contributed by atoms with Crippen LogP contribution in [0.2, 0.25) is 0 Å². The lowest BCUT2D eigenvalue weighted by molar-refractivity contribution is 0.129. The molecule has 1 aliphatic carbocycles. The predicted molar refractivity (Wildman–Crippen MR) is 68.8 cm³/mol. The maximum atomic E-state index is 5.42. The minimum atomic E-state index is 0.703. The van der Waals surface area contributed by atoms with Gasteiger partial charge in [0.2, 0.25) is 0 Å². The predicted octanol–water partition coefficient (Wildman–Crippen LogP) is 2.59. The van der Waals surface area contributed by atoms with Gasteiger partial charge in [-0.3, -0.25) is 0 Å². The summed E-state index contributed by atoms with van der Waals surface area (Å²) in [6.07, 6.45) is 9.95. The Hall–Kier alpha value is -1.33. The zero-order valence-electron chi connectivity index (χ0n) is 10.4. The first-order valence-electron chi connectivity index (χ1n) is 6.36.